The molecular formula is C28H37NO5S2. The first-order chi connectivity index (χ1) is 17.4. The molecule has 0 aromatic heterocycles. The highest BCUT2D eigenvalue weighted by Crippen LogP contribution is 2.55. The van der Waals surface area contributed by atoms with E-state index in [4.69, 9.17) is 9.47 Å². The number of fused-ring (bicyclic) bond motifs is 1. The van der Waals surface area contributed by atoms with Gasteiger partial charge in [-0.25, -0.2) is 0 Å². The fourth-order valence-electron chi connectivity index (χ4n) is 6.10. The largest absolute Gasteiger partial charge is 0.504 e. The van der Waals surface area contributed by atoms with Gasteiger partial charge in [0.1, 0.15) is 11.9 Å². The Morgan fingerprint density at radius 2 is 2.11 bits per heavy atom. The van der Waals surface area contributed by atoms with Crippen LogP contribution in [0.2, 0.25) is 0 Å². The number of benzene rings is 1. The highest BCUT2D eigenvalue weighted by Gasteiger charge is 2.50. The summed E-state index contributed by atoms with van der Waals surface area (Å²) in [7, 11) is 5.19. The number of carbonyl (C=O) groups excluding carboxylic acids is 2. The lowest BCUT2D eigenvalue weighted by Crippen LogP contribution is -2.48. The van der Waals surface area contributed by atoms with Gasteiger partial charge in [0, 0.05) is 54.7 Å². The second kappa shape index (κ2) is 12.1. The maximum Gasteiger partial charge on any atom is 0.302 e. The lowest BCUT2D eigenvalue weighted by atomic mass is 9.58. The number of methoxy groups -OCH3 is 1. The Bertz CT molecular complexity index is 1030. The minimum absolute atomic E-state index is 0.0193. The zero-order valence-electron chi connectivity index (χ0n) is 21.4. The van der Waals surface area contributed by atoms with Crippen molar-refractivity contribution in [3.05, 3.63) is 35.4 Å². The molecule has 1 aliphatic carbocycles. The van der Waals surface area contributed by atoms with E-state index in [0.29, 0.717) is 24.6 Å². The summed E-state index contributed by atoms with van der Waals surface area (Å²) in [5.41, 5.74) is 2.06. The first kappa shape index (κ1) is 27.1. The summed E-state index contributed by atoms with van der Waals surface area (Å²) in [6, 6.07) is 5.33. The number of ketones is 1. The number of rotatable bonds is 5. The van der Waals surface area contributed by atoms with Crippen LogP contribution in [0.25, 0.3) is 0 Å². The zero-order valence-corrected chi connectivity index (χ0v) is 23.0. The lowest BCUT2D eigenvalue weighted by Gasteiger charge is -2.49. The van der Waals surface area contributed by atoms with Crippen molar-refractivity contribution in [1.82, 2.24) is 0 Å². The van der Waals surface area contributed by atoms with Crippen LogP contribution in [0.5, 0.6) is 11.5 Å². The number of Topliss-reactive ketones (excluding diaryl/α,β-unsaturated/α-hetero) is 1. The molecule has 5 atom stereocenters. The number of esters is 1. The summed E-state index contributed by atoms with van der Waals surface area (Å²) in [4.78, 5) is 30.3. The number of ether oxygens (including phenoxy) is 2. The van der Waals surface area contributed by atoms with Gasteiger partial charge in [-0.15, -0.1) is 0 Å². The van der Waals surface area contributed by atoms with Crippen LogP contribution >= 0.6 is 21.6 Å². The van der Waals surface area contributed by atoms with Gasteiger partial charge in [-0.3, -0.25) is 14.6 Å². The molecule has 2 heterocycles. The van der Waals surface area contributed by atoms with Gasteiger partial charge in [0.2, 0.25) is 0 Å². The van der Waals surface area contributed by atoms with E-state index in [1.54, 1.807) is 16.9 Å². The predicted octanol–water partition coefficient (Wildman–Crippen LogP) is 5.98. The molecule has 0 spiro atoms. The van der Waals surface area contributed by atoms with E-state index in [1.807, 2.05) is 29.1 Å². The predicted molar refractivity (Wildman–Crippen MR) is 147 cm³/mol. The van der Waals surface area contributed by atoms with Crippen LogP contribution in [0.4, 0.5) is 0 Å². The van der Waals surface area contributed by atoms with Gasteiger partial charge in [-0.05, 0) is 48.4 Å². The average molecular weight is 532 g/mol. The number of hydrogen-bond acceptors (Lipinski definition) is 8. The third-order valence-corrected chi connectivity index (χ3v) is 10.7. The summed E-state index contributed by atoms with van der Waals surface area (Å²) in [6.45, 7) is 4.37. The normalized spacial score (nSPS) is 31.2. The molecule has 36 heavy (non-hydrogen) atoms. The Kier molecular flexibility index (Phi) is 9.10. The van der Waals surface area contributed by atoms with Crippen molar-refractivity contribution in [1.29, 1.82) is 0 Å². The Balaban J connectivity index is 1.69. The fraction of sp³-hybridized carbons (Fsp3) is 0.607. The van der Waals surface area contributed by atoms with Crippen LogP contribution in [-0.4, -0.2) is 54.3 Å². The first-order valence-electron chi connectivity index (χ1n) is 12.9. The maximum absolute atomic E-state index is 13.5. The average Bonchev–Trinajstić information content (AvgIpc) is 3.40. The highest BCUT2D eigenvalue weighted by atomic mass is 33.1. The quantitative estimate of drug-likeness (QED) is 0.369. The number of aliphatic imine (C=N–C) groups is 1. The molecule has 1 aromatic rings. The standard InChI is InChI=1S/C28H37NO5S2/c1-4-19-7-9-28(22-8-10-29-15-22)17-36-35-16-21(20-5-6-25(32)27(13-20)33-3)12-23(31)14-26(24(28)11-19)34-18(2)30/h5-6,8,13,15,19,21,24,26,32H,4,7,9-12,14,16-17H2,1-3H3/t19-,21-,24-,26-,28+/m0/s1. The van der Waals surface area contributed by atoms with Gasteiger partial charge in [0.25, 0.3) is 0 Å². The minimum Gasteiger partial charge on any atom is -0.504 e. The second-order valence-corrected chi connectivity index (χ2v) is 12.7. The van der Waals surface area contributed by atoms with E-state index in [2.05, 4.69) is 18.0 Å². The van der Waals surface area contributed by atoms with Gasteiger partial charge in [-0.2, -0.15) is 0 Å². The molecule has 3 aliphatic rings. The Morgan fingerprint density at radius 3 is 2.81 bits per heavy atom. The topological polar surface area (TPSA) is 85.2 Å². The van der Waals surface area contributed by atoms with E-state index in [9.17, 15) is 14.7 Å². The molecular weight excluding hydrogens is 494 g/mol. The van der Waals surface area contributed by atoms with Crippen molar-refractivity contribution in [3.8, 4) is 11.5 Å². The molecule has 196 valence electrons. The second-order valence-electron chi connectivity index (χ2n) is 10.2. The number of nitrogens with zero attached hydrogens (tertiary/aromatic N) is 1. The molecule has 4 rings (SSSR count). The van der Waals surface area contributed by atoms with Crippen molar-refractivity contribution >= 4 is 39.6 Å². The summed E-state index contributed by atoms with van der Waals surface area (Å²) >= 11 is 0. The van der Waals surface area contributed by atoms with Crippen LogP contribution < -0.4 is 4.74 Å². The van der Waals surface area contributed by atoms with Crippen molar-refractivity contribution < 1.29 is 24.2 Å². The zero-order chi connectivity index (χ0) is 25.7. The summed E-state index contributed by atoms with van der Waals surface area (Å²) in [5, 5.41) is 10.1. The molecule has 0 bridgehead atoms. The molecule has 1 saturated carbocycles. The van der Waals surface area contributed by atoms with Crippen LogP contribution in [0.3, 0.4) is 0 Å². The SMILES string of the molecule is CC[C@H]1CC[C@]2(C3=CCN=C3)CSSC[C@@H](c3ccc(O)c(OC)c3)CC(=O)C[C@H](OC(C)=O)[C@@H]2C1. The van der Waals surface area contributed by atoms with E-state index >= 15 is 0 Å². The minimum atomic E-state index is -0.446. The summed E-state index contributed by atoms with van der Waals surface area (Å²) in [6.07, 6.45) is 8.59. The number of carbonyl (C=O) groups is 2. The summed E-state index contributed by atoms with van der Waals surface area (Å²) in [5.74, 6) is 2.57. The Hall–Kier alpha value is -1.93. The molecule has 2 aliphatic heterocycles. The molecule has 0 unspecified atom stereocenters. The molecule has 1 N–H and O–H groups in total. The molecule has 1 saturated heterocycles. The van der Waals surface area contributed by atoms with Crippen LogP contribution in [0.15, 0.2) is 34.8 Å². The summed E-state index contributed by atoms with van der Waals surface area (Å²) < 4.78 is 11.3. The Labute approximate surface area is 222 Å². The molecule has 2 fully saturated rings. The van der Waals surface area contributed by atoms with E-state index in [0.717, 1.165) is 42.8 Å². The van der Waals surface area contributed by atoms with E-state index in [-0.39, 0.29) is 41.2 Å². The molecule has 8 heteroatoms. The number of hydrogen-bond donors (Lipinski definition) is 1. The van der Waals surface area contributed by atoms with Crippen LogP contribution in [0.1, 0.15) is 63.9 Å². The first-order valence-corrected chi connectivity index (χ1v) is 15.4. The highest BCUT2D eigenvalue weighted by molar-refractivity contribution is 8.76. The number of phenolic OH excluding ortho intramolecular Hbond substituents is 1. The number of allylic oxidation sites excluding steroid dienone is 1. The van der Waals surface area contributed by atoms with Gasteiger partial charge in [-0.1, -0.05) is 47.1 Å². The molecule has 0 amide bonds. The maximum atomic E-state index is 13.5. The third-order valence-electron chi connectivity index (χ3n) is 8.11. The van der Waals surface area contributed by atoms with Crippen molar-refractivity contribution in [2.75, 3.05) is 25.2 Å². The molecule has 6 nitrogen and oxygen atoms in total. The fourth-order valence-corrected chi connectivity index (χ4v) is 9.15. The van der Waals surface area contributed by atoms with Crippen molar-refractivity contribution in [2.24, 2.45) is 22.2 Å². The van der Waals surface area contributed by atoms with E-state index < -0.39 is 6.10 Å². The smallest absolute Gasteiger partial charge is 0.302 e. The third kappa shape index (κ3) is 5.96. The van der Waals surface area contributed by atoms with Gasteiger partial charge >= 0.3 is 5.97 Å². The Morgan fingerprint density at radius 1 is 1.28 bits per heavy atom. The van der Waals surface area contributed by atoms with Crippen molar-refractivity contribution in [2.45, 2.75) is 64.4 Å². The van der Waals surface area contributed by atoms with Gasteiger partial charge in [0.05, 0.1) is 13.7 Å². The van der Waals surface area contributed by atoms with Gasteiger partial charge in [0.15, 0.2) is 11.5 Å². The number of phenols is 1. The molecule has 1 aromatic carbocycles. The molecule has 0 radical (unpaired) electrons. The lowest BCUT2D eigenvalue weighted by molar-refractivity contribution is -0.154. The van der Waals surface area contributed by atoms with Gasteiger partial charge < -0.3 is 14.6 Å². The van der Waals surface area contributed by atoms with Crippen LogP contribution in [0, 0.1) is 17.3 Å². The van der Waals surface area contributed by atoms with E-state index in [1.165, 1.54) is 19.6 Å². The number of aromatic hydroxyl groups is 1. The van der Waals surface area contributed by atoms with Crippen LogP contribution in [-0.2, 0) is 14.3 Å². The monoisotopic (exact) mass is 531 g/mol. The van der Waals surface area contributed by atoms with Crippen molar-refractivity contribution in [3.63, 3.8) is 0 Å².